The lowest BCUT2D eigenvalue weighted by atomic mass is 10.1. The monoisotopic (exact) mass is 371 g/mol. The average molecular weight is 371 g/mol. The van der Waals surface area contributed by atoms with Gasteiger partial charge in [-0.05, 0) is 30.2 Å². The van der Waals surface area contributed by atoms with Crippen LogP contribution in [0.3, 0.4) is 0 Å². The molecule has 1 atom stereocenters. The largest absolute Gasteiger partial charge is 0.497 e. The highest BCUT2D eigenvalue weighted by Crippen LogP contribution is 2.24. The first-order valence-corrected chi connectivity index (χ1v) is 8.78. The van der Waals surface area contributed by atoms with Crippen LogP contribution in [-0.2, 0) is 13.6 Å². The summed E-state index contributed by atoms with van der Waals surface area (Å²) in [5, 5.41) is 15.9. The summed E-state index contributed by atoms with van der Waals surface area (Å²) >= 11 is 0. The van der Waals surface area contributed by atoms with E-state index in [0.717, 1.165) is 17.7 Å². The van der Waals surface area contributed by atoms with E-state index in [-0.39, 0.29) is 12.6 Å². The molecule has 0 aliphatic carbocycles. The quantitative estimate of drug-likeness (QED) is 0.442. The molecule has 3 aromatic rings. The zero-order valence-electron chi connectivity index (χ0n) is 15.7. The Morgan fingerprint density at radius 2 is 2.15 bits per heavy atom. The number of nitrogens with one attached hydrogen (secondary N) is 2. The van der Waals surface area contributed by atoms with E-state index in [2.05, 4.69) is 25.6 Å². The number of anilines is 3. The number of hydrogen-bond acceptors (Lipinski definition) is 8. The lowest BCUT2D eigenvalue weighted by Gasteiger charge is -2.15. The van der Waals surface area contributed by atoms with Crippen LogP contribution in [0.5, 0.6) is 5.75 Å². The minimum absolute atomic E-state index is 0.00634. The van der Waals surface area contributed by atoms with Crippen molar-refractivity contribution in [2.75, 3.05) is 30.1 Å². The minimum atomic E-state index is -0.113. The number of nitrogens with zero attached hydrogens (tertiary/aromatic N) is 4. The van der Waals surface area contributed by atoms with Crippen LogP contribution in [0, 0.1) is 0 Å². The summed E-state index contributed by atoms with van der Waals surface area (Å²) in [6.07, 6.45) is 2.45. The first-order chi connectivity index (χ1) is 13.0. The van der Waals surface area contributed by atoms with Crippen LogP contribution >= 0.6 is 0 Å². The average Bonchev–Trinajstić information content (AvgIpc) is 3.06. The van der Waals surface area contributed by atoms with E-state index < -0.39 is 0 Å². The van der Waals surface area contributed by atoms with E-state index in [0.29, 0.717) is 35.2 Å². The molecule has 5 N–H and O–H groups in total. The van der Waals surface area contributed by atoms with Crippen molar-refractivity contribution in [1.82, 2.24) is 19.5 Å². The second-order valence-electron chi connectivity index (χ2n) is 6.27. The second kappa shape index (κ2) is 8.09. The number of hydrogen-bond donors (Lipinski definition) is 4. The highest BCUT2D eigenvalue weighted by atomic mass is 16.5. The van der Waals surface area contributed by atoms with Gasteiger partial charge < -0.3 is 30.8 Å². The van der Waals surface area contributed by atoms with Crippen molar-refractivity contribution in [3.63, 3.8) is 0 Å². The molecule has 144 valence electrons. The first-order valence-electron chi connectivity index (χ1n) is 8.78. The zero-order chi connectivity index (χ0) is 19.4. The molecule has 0 radical (unpaired) electrons. The Bertz CT molecular complexity index is 921. The van der Waals surface area contributed by atoms with Crippen LogP contribution in [0.15, 0.2) is 24.5 Å². The van der Waals surface area contributed by atoms with Crippen LogP contribution in [-0.4, -0.2) is 44.4 Å². The number of methoxy groups -OCH3 is 1. The van der Waals surface area contributed by atoms with Gasteiger partial charge in [-0.2, -0.15) is 9.97 Å². The Kier molecular flexibility index (Phi) is 5.60. The van der Waals surface area contributed by atoms with E-state index in [1.807, 2.05) is 36.7 Å². The SMILES string of the molecule is CCC(CO)Nc1nc(NCc2cc(OC)ccc2N)c2ncn(C)c2n1. The highest BCUT2D eigenvalue weighted by molar-refractivity contribution is 5.84. The summed E-state index contributed by atoms with van der Waals surface area (Å²) in [4.78, 5) is 13.4. The predicted octanol–water partition coefficient (Wildman–Crippen LogP) is 1.75. The summed E-state index contributed by atoms with van der Waals surface area (Å²) in [7, 11) is 3.49. The van der Waals surface area contributed by atoms with Crippen molar-refractivity contribution in [2.24, 2.45) is 7.05 Å². The number of rotatable bonds is 8. The van der Waals surface area contributed by atoms with E-state index in [1.165, 1.54) is 0 Å². The van der Waals surface area contributed by atoms with Crippen LogP contribution in [0.1, 0.15) is 18.9 Å². The molecule has 0 saturated carbocycles. The maximum Gasteiger partial charge on any atom is 0.227 e. The number of aryl methyl sites for hydroxylation is 1. The topological polar surface area (TPSA) is 123 Å². The van der Waals surface area contributed by atoms with Crippen LogP contribution < -0.4 is 21.1 Å². The van der Waals surface area contributed by atoms with Gasteiger partial charge in [-0.15, -0.1) is 0 Å². The zero-order valence-corrected chi connectivity index (χ0v) is 15.7. The van der Waals surface area contributed by atoms with Crippen molar-refractivity contribution < 1.29 is 9.84 Å². The second-order valence-corrected chi connectivity index (χ2v) is 6.27. The normalized spacial score (nSPS) is 12.1. The van der Waals surface area contributed by atoms with Crippen LogP contribution in [0.4, 0.5) is 17.5 Å². The molecule has 0 aliphatic rings. The highest BCUT2D eigenvalue weighted by Gasteiger charge is 2.14. The summed E-state index contributed by atoms with van der Waals surface area (Å²) in [6.45, 7) is 2.45. The molecule has 9 heteroatoms. The molecule has 0 bridgehead atoms. The summed E-state index contributed by atoms with van der Waals surface area (Å²) < 4.78 is 7.09. The van der Waals surface area contributed by atoms with Crippen molar-refractivity contribution in [3.05, 3.63) is 30.1 Å². The van der Waals surface area contributed by atoms with Gasteiger partial charge in [0.2, 0.25) is 5.95 Å². The maximum absolute atomic E-state index is 9.44. The molecule has 0 saturated heterocycles. The minimum Gasteiger partial charge on any atom is -0.497 e. The smallest absolute Gasteiger partial charge is 0.227 e. The summed E-state index contributed by atoms with van der Waals surface area (Å²) in [6, 6.07) is 5.41. The molecular formula is C18H25N7O2. The standard InChI is InChI=1S/C18H25N7O2/c1-4-12(9-26)22-18-23-16(15-17(24-18)25(2)10-21-15)20-8-11-7-13(27-3)5-6-14(11)19/h5-7,10,12,26H,4,8-9,19H2,1-3H3,(H2,20,22,23,24). The molecule has 1 aromatic carbocycles. The Morgan fingerprint density at radius 3 is 2.85 bits per heavy atom. The van der Waals surface area contributed by atoms with Gasteiger partial charge >= 0.3 is 0 Å². The summed E-state index contributed by atoms with van der Waals surface area (Å²) in [5.74, 6) is 1.77. The third-order valence-electron chi connectivity index (χ3n) is 4.40. The molecular weight excluding hydrogens is 346 g/mol. The number of benzene rings is 1. The lowest BCUT2D eigenvalue weighted by Crippen LogP contribution is -2.24. The van der Waals surface area contributed by atoms with Gasteiger partial charge in [0, 0.05) is 19.3 Å². The Balaban J connectivity index is 1.91. The first kappa shape index (κ1) is 18.7. The molecule has 2 heterocycles. The molecule has 0 fully saturated rings. The Hall–Kier alpha value is -3.07. The van der Waals surface area contributed by atoms with Crippen molar-refractivity contribution >= 4 is 28.6 Å². The maximum atomic E-state index is 9.44. The van der Waals surface area contributed by atoms with Gasteiger partial charge in [0.05, 0.1) is 26.1 Å². The number of imidazole rings is 1. The molecule has 9 nitrogen and oxygen atoms in total. The van der Waals surface area contributed by atoms with Gasteiger partial charge in [0.25, 0.3) is 0 Å². The molecule has 27 heavy (non-hydrogen) atoms. The van der Waals surface area contributed by atoms with E-state index in [4.69, 9.17) is 10.5 Å². The Morgan fingerprint density at radius 1 is 1.33 bits per heavy atom. The number of nitrogens with two attached hydrogens (primary N) is 1. The molecule has 0 aliphatic heterocycles. The van der Waals surface area contributed by atoms with Crippen molar-refractivity contribution in [1.29, 1.82) is 0 Å². The van der Waals surface area contributed by atoms with Crippen molar-refractivity contribution in [2.45, 2.75) is 25.9 Å². The molecule has 0 spiro atoms. The van der Waals surface area contributed by atoms with Gasteiger partial charge in [-0.25, -0.2) is 4.98 Å². The van der Waals surface area contributed by atoms with E-state index in [1.54, 1.807) is 13.4 Å². The molecule has 1 unspecified atom stereocenters. The van der Waals surface area contributed by atoms with Gasteiger partial charge in [-0.3, -0.25) is 0 Å². The predicted molar refractivity (Wildman–Crippen MR) is 106 cm³/mol. The van der Waals surface area contributed by atoms with Crippen LogP contribution in [0.25, 0.3) is 11.2 Å². The fraction of sp³-hybridized carbons (Fsp3) is 0.389. The van der Waals surface area contributed by atoms with Crippen molar-refractivity contribution in [3.8, 4) is 5.75 Å². The van der Waals surface area contributed by atoms with Gasteiger partial charge in [0.1, 0.15) is 5.75 Å². The van der Waals surface area contributed by atoms with Crippen LogP contribution in [0.2, 0.25) is 0 Å². The van der Waals surface area contributed by atoms with E-state index >= 15 is 0 Å². The van der Waals surface area contributed by atoms with Gasteiger partial charge in [-0.1, -0.05) is 6.92 Å². The van der Waals surface area contributed by atoms with Gasteiger partial charge in [0.15, 0.2) is 17.0 Å². The summed E-state index contributed by atoms with van der Waals surface area (Å²) in [5.41, 5.74) is 9.00. The molecule has 2 aromatic heterocycles. The van der Waals surface area contributed by atoms with E-state index in [9.17, 15) is 5.11 Å². The number of aliphatic hydroxyl groups excluding tert-OH is 1. The number of aliphatic hydroxyl groups is 1. The fourth-order valence-corrected chi connectivity index (χ4v) is 2.70. The number of ether oxygens (including phenoxy) is 1. The fourth-order valence-electron chi connectivity index (χ4n) is 2.70. The molecule has 0 amide bonds. The number of aromatic nitrogens is 4. The third kappa shape index (κ3) is 4.03. The molecule has 3 rings (SSSR count). The lowest BCUT2D eigenvalue weighted by molar-refractivity contribution is 0.271. The Labute approximate surface area is 157 Å². The number of nitrogen functional groups attached to an aromatic ring is 1. The number of fused-ring (bicyclic) bond motifs is 1. The third-order valence-corrected chi connectivity index (χ3v) is 4.40.